The molecule has 3 nitrogen and oxygen atoms in total. The van der Waals surface area contributed by atoms with Gasteiger partial charge in [0.25, 0.3) is 0 Å². The number of hydrogen-bond acceptors (Lipinski definition) is 2. The summed E-state index contributed by atoms with van der Waals surface area (Å²) in [5.74, 6) is 0.254. The number of nitrogens with one attached hydrogen (secondary N) is 2. The minimum absolute atomic E-state index is 0.225. The number of hydrogen-bond donors (Lipinski definition) is 2. The van der Waals surface area contributed by atoms with Gasteiger partial charge >= 0.3 is 0 Å². The van der Waals surface area contributed by atoms with E-state index in [0.717, 1.165) is 32.4 Å². The molecule has 2 fully saturated rings. The van der Waals surface area contributed by atoms with Crippen LogP contribution in [0, 0.1) is 0 Å². The third-order valence-electron chi connectivity index (χ3n) is 3.74. The maximum atomic E-state index is 12.1. The first-order valence-corrected chi connectivity index (χ1v) is 6.37. The first-order chi connectivity index (χ1) is 7.33. The van der Waals surface area contributed by atoms with Crippen LogP contribution in [0.25, 0.3) is 0 Å². The van der Waals surface area contributed by atoms with Crippen molar-refractivity contribution in [2.45, 2.75) is 56.9 Å². The first kappa shape index (κ1) is 10.9. The van der Waals surface area contributed by atoms with Crippen LogP contribution < -0.4 is 10.6 Å². The standard InChI is InChI=1S/C12H22N2O/c15-11-12(7-3-1-5-9-13-11)8-4-2-6-10-14-12/h14H,1-10H2,(H,13,15). The van der Waals surface area contributed by atoms with Crippen LogP contribution in [-0.4, -0.2) is 24.5 Å². The van der Waals surface area contributed by atoms with Crippen molar-refractivity contribution < 1.29 is 4.79 Å². The summed E-state index contributed by atoms with van der Waals surface area (Å²) in [4.78, 5) is 12.1. The van der Waals surface area contributed by atoms with Gasteiger partial charge in [-0.1, -0.05) is 25.7 Å². The highest BCUT2D eigenvalue weighted by molar-refractivity contribution is 5.86. The van der Waals surface area contributed by atoms with Crippen LogP contribution in [0.3, 0.4) is 0 Å². The summed E-state index contributed by atoms with van der Waals surface area (Å²) in [6.45, 7) is 1.87. The molecule has 0 aromatic carbocycles. The Hall–Kier alpha value is -0.570. The third-order valence-corrected chi connectivity index (χ3v) is 3.74. The lowest BCUT2D eigenvalue weighted by atomic mass is 9.85. The molecular weight excluding hydrogens is 188 g/mol. The van der Waals surface area contributed by atoms with Gasteiger partial charge in [-0.15, -0.1) is 0 Å². The Morgan fingerprint density at radius 3 is 2.27 bits per heavy atom. The molecule has 2 N–H and O–H groups in total. The molecule has 2 rings (SSSR count). The Bertz CT molecular complexity index is 220. The van der Waals surface area contributed by atoms with E-state index in [1.54, 1.807) is 0 Å². The van der Waals surface area contributed by atoms with E-state index in [9.17, 15) is 4.79 Å². The molecule has 1 atom stereocenters. The van der Waals surface area contributed by atoms with Crippen LogP contribution in [0.15, 0.2) is 0 Å². The predicted molar refractivity (Wildman–Crippen MR) is 60.7 cm³/mol. The lowest BCUT2D eigenvalue weighted by Gasteiger charge is -2.34. The average molecular weight is 210 g/mol. The highest BCUT2D eigenvalue weighted by atomic mass is 16.2. The van der Waals surface area contributed by atoms with Gasteiger partial charge in [-0.25, -0.2) is 0 Å². The Morgan fingerprint density at radius 1 is 0.867 bits per heavy atom. The zero-order valence-electron chi connectivity index (χ0n) is 9.48. The summed E-state index contributed by atoms with van der Waals surface area (Å²) < 4.78 is 0. The molecule has 3 heteroatoms. The molecule has 2 aliphatic heterocycles. The highest BCUT2D eigenvalue weighted by Crippen LogP contribution is 2.26. The van der Waals surface area contributed by atoms with Crippen molar-refractivity contribution in [3.05, 3.63) is 0 Å². The van der Waals surface area contributed by atoms with Gasteiger partial charge in [-0.3, -0.25) is 4.79 Å². The van der Waals surface area contributed by atoms with E-state index < -0.39 is 0 Å². The van der Waals surface area contributed by atoms with Crippen molar-refractivity contribution in [2.75, 3.05) is 13.1 Å². The number of rotatable bonds is 0. The van der Waals surface area contributed by atoms with E-state index in [2.05, 4.69) is 10.6 Å². The summed E-state index contributed by atoms with van der Waals surface area (Å²) >= 11 is 0. The van der Waals surface area contributed by atoms with E-state index in [1.165, 1.54) is 32.1 Å². The van der Waals surface area contributed by atoms with E-state index in [1.807, 2.05) is 0 Å². The molecule has 0 saturated carbocycles. The molecule has 0 radical (unpaired) electrons. The molecule has 15 heavy (non-hydrogen) atoms. The second kappa shape index (κ2) is 4.97. The van der Waals surface area contributed by atoms with Gasteiger partial charge in [0, 0.05) is 6.54 Å². The van der Waals surface area contributed by atoms with Crippen molar-refractivity contribution >= 4 is 5.91 Å². The van der Waals surface area contributed by atoms with E-state index in [0.29, 0.717) is 0 Å². The molecule has 2 saturated heterocycles. The second-order valence-electron chi connectivity index (χ2n) is 4.89. The zero-order valence-corrected chi connectivity index (χ0v) is 9.48. The quantitative estimate of drug-likeness (QED) is 0.637. The Balaban J connectivity index is 2.08. The summed E-state index contributed by atoms with van der Waals surface area (Å²) in [5, 5.41) is 6.57. The molecule has 0 aromatic heterocycles. The molecule has 1 spiro atoms. The Labute approximate surface area is 92.0 Å². The van der Waals surface area contributed by atoms with Crippen LogP contribution in [-0.2, 0) is 4.79 Å². The van der Waals surface area contributed by atoms with Gasteiger partial charge < -0.3 is 10.6 Å². The normalized spacial score (nSPS) is 34.0. The fraction of sp³-hybridized carbons (Fsp3) is 0.917. The molecule has 1 amide bonds. The van der Waals surface area contributed by atoms with Gasteiger partial charge in [0.1, 0.15) is 0 Å². The maximum Gasteiger partial charge on any atom is 0.240 e. The second-order valence-corrected chi connectivity index (χ2v) is 4.89. The van der Waals surface area contributed by atoms with Crippen molar-refractivity contribution in [3.63, 3.8) is 0 Å². The summed E-state index contributed by atoms with van der Waals surface area (Å²) in [5.41, 5.74) is -0.225. The minimum Gasteiger partial charge on any atom is -0.354 e. The molecule has 2 heterocycles. The summed E-state index contributed by atoms with van der Waals surface area (Å²) in [6, 6.07) is 0. The maximum absolute atomic E-state index is 12.1. The average Bonchev–Trinajstić information content (AvgIpc) is 2.47. The van der Waals surface area contributed by atoms with Crippen LogP contribution in [0.5, 0.6) is 0 Å². The molecule has 2 aliphatic rings. The number of amides is 1. The fourth-order valence-corrected chi connectivity index (χ4v) is 2.77. The van der Waals surface area contributed by atoms with E-state index in [4.69, 9.17) is 0 Å². The third kappa shape index (κ3) is 2.51. The van der Waals surface area contributed by atoms with Gasteiger partial charge in [-0.05, 0) is 32.2 Å². The monoisotopic (exact) mass is 210 g/mol. The predicted octanol–water partition coefficient (Wildman–Crippen LogP) is 1.58. The van der Waals surface area contributed by atoms with E-state index in [-0.39, 0.29) is 11.4 Å². The highest BCUT2D eigenvalue weighted by Gasteiger charge is 2.37. The van der Waals surface area contributed by atoms with Crippen molar-refractivity contribution in [2.24, 2.45) is 0 Å². The molecule has 0 bridgehead atoms. The lowest BCUT2D eigenvalue weighted by Crippen LogP contribution is -2.57. The van der Waals surface area contributed by atoms with Crippen molar-refractivity contribution in [1.29, 1.82) is 0 Å². The Kier molecular flexibility index (Phi) is 3.62. The number of carbonyl (C=O) groups excluding carboxylic acids is 1. The minimum atomic E-state index is -0.225. The molecular formula is C12H22N2O. The van der Waals surface area contributed by atoms with Gasteiger partial charge in [0.05, 0.1) is 5.54 Å². The van der Waals surface area contributed by atoms with Crippen molar-refractivity contribution in [3.8, 4) is 0 Å². The molecule has 86 valence electrons. The van der Waals surface area contributed by atoms with Crippen LogP contribution in [0.1, 0.15) is 51.4 Å². The topological polar surface area (TPSA) is 41.1 Å². The first-order valence-electron chi connectivity index (χ1n) is 6.37. The summed E-state index contributed by atoms with van der Waals surface area (Å²) in [6.07, 6.45) is 9.32. The van der Waals surface area contributed by atoms with Crippen LogP contribution >= 0.6 is 0 Å². The molecule has 0 aliphatic carbocycles. The van der Waals surface area contributed by atoms with Gasteiger partial charge in [-0.2, -0.15) is 0 Å². The fourth-order valence-electron chi connectivity index (χ4n) is 2.77. The SMILES string of the molecule is O=C1NCCCCCC12CCCCCN2. The number of carbonyl (C=O) groups is 1. The lowest BCUT2D eigenvalue weighted by molar-refractivity contribution is -0.128. The molecule has 1 unspecified atom stereocenters. The smallest absolute Gasteiger partial charge is 0.240 e. The van der Waals surface area contributed by atoms with Crippen LogP contribution in [0.4, 0.5) is 0 Å². The Morgan fingerprint density at radius 2 is 1.53 bits per heavy atom. The van der Waals surface area contributed by atoms with E-state index >= 15 is 0 Å². The largest absolute Gasteiger partial charge is 0.354 e. The van der Waals surface area contributed by atoms with Gasteiger partial charge in [0.2, 0.25) is 5.91 Å². The van der Waals surface area contributed by atoms with Crippen LogP contribution in [0.2, 0.25) is 0 Å². The summed E-state index contributed by atoms with van der Waals surface area (Å²) in [7, 11) is 0. The van der Waals surface area contributed by atoms with Gasteiger partial charge in [0.15, 0.2) is 0 Å². The van der Waals surface area contributed by atoms with Crippen molar-refractivity contribution in [1.82, 2.24) is 10.6 Å². The molecule has 0 aromatic rings. The zero-order chi connectivity index (χ0) is 10.6.